The van der Waals surface area contributed by atoms with Crippen LogP contribution in [0.4, 0.5) is 10.5 Å². The molecule has 3 fully saturated rings. The highest BCUT2D eigenvalue weighted by molar-refractivity contribution is 5.68. The minimum atomic E-state index is -0.443. The van der Waals surface area contributed by atoms with Crippen molar-refractivity contribution in [3.63, 3.8) is 0 Å². The number of hydrogen-bond acceptors (Lipinski definition) is 7. The van der Waals surface area contributed by atoms with Crippen molar-refractivity contribution in [2.45, 2.75) is 50.0 Å². The van der Waals surface area contributed by atoms with Gasteiger partial charge in [0.15, 0.2) is 0 Å². The predicted octanol–water partition coefficient (Wildman–Crippen LogP) is 6.34. The normalized spacial score (nSPS) is 24.1. The van der Waals surface area contributed by atoms with Crippen molar-refractivity contribution in [1.29, 1.82) is 0 Å². The molecular formula is C35H40N4O5. The van der Waals surface area contributed by atoms with Gasteiger partial charge in [-0.15, -0.1) is 6.58 Å². The van der Waals surface area contributed by atoms with E-state index in [1.807, 2.05) is 6.07 Å². The molecule has 1 amide bonds. The van der Waals surface area contributed by atoms with Crippen LogP contribution in [0.15, 0.2) is 97.6 Å². The van der Waals surface area contributed by atoms with Gasteiger partial charge in [0.25, 0.3) is 5.69 Å². The second kappa shape index (κ2) is 13.7. The highest BCUT2D eigenvalue weighted by Crippen LogP contribution is 2.47. The largest absolute Gasteiger partial charge is 0.445 e. The number of rotatable bonds is 10. The number of benzene rings is 3. The molecule has 0 bridgehead atoms. The molecule has 3 heterocycles. The topological polar surface area (TPSA) is 88.4 Å². The number of carbonyl (C=O) groups excluding carboxylic acids is 1. The summed E-state index contributed by atoms with van der Waals surface area (Å²) in [6.45, 7) is 8.04. The Labute approximate surface area is 258 Å². The maximum absolute atomic E-state index is 13.1. The molecular weight excluding hydrogens is 556 g/mol. The summed E-state index contributed by atoms with van der Waals surface area (Å²) in [5.74, 6) is 0.848. The predicted molar refractivity (Wildman–Crippen MR) is 168 cm³/mol. The first-order valence-corrected chi connectivity index (χ1v) is 15.5. The number of nitro groups is 1. The molecule has 9 heteroatoms. The Morgan fingerprint density at radius 3 is 2.30 bits per heavy atom. The van der Waals surface area contributed by atoms with Gasteiger partial charge in [0.2, 0.25) is 0 Å². The number of nitrogens with zero attached hydrogens (tertiary/aromatic N) is 4. The molecule has 1 unspecified atom stereocenters. The lowest BCUT2D eigenvalue weighted by molar-refractivity contribution is -0.384. The van der Waals surface area contributed by atoms with Crippen LogP contribution < -0.4 is 0 Å². The molecule has 0 aliphatic carbocycles. The molecule has 3 aromatic carbocycles. The Hall–Kier alpha value is -4.05. The molecule has 3 aliphatic heterocycles. The van der Waals surface area contributed by atoms with E-state index < -0.39 is 4.92 Å². The molecule has 3 aromatic rings. The minimum absolute atomic E-state index is 0.0111. The van der Waals surface area contributed by atoms with Crippen LogP contribution in [0.25, 0.3) is 0 Å². The lowest BCUT2D eigenvalue weighted by Gasteiger charge is -2.39. The van der Waals surface area contributed by atoms with Crippen LogP contribution in [-0.2, 0) is 16.2 Å². The van der Waals surface area contributed by atoms with Crippen molar-refractivity contribution in [3.8, 4) is 0 Å². The SMILES string of the molecule is C=CCN(C(=O)OCc1ccc([N+](=O)[O-])cc1)C1CCN(CC2[C@@H](c3ccccc3)CN3O[C@H](c4ccccc4)C[C@@H]23)CC1. The second-order valence-corrected chi connectivity index (χ2v) is 12.0. The average molecular weight is 597 g/mol. The summed E-state index contributed by atoms with van der Waals surface area (Å²) < 4.78 is 5.62. The van der Waals surface area contributed by atoms with Gasteiger partial charge in [-0.3, -0.25) is 15.0 Å². The lowest BCUT2D eigenvalue weighted by atomic mass is 9.82. The Balaban J connectivity index is 1.07. The maximum atomic E-state index is 13.1. The van der Waals surface area contributed by atoms with Gasteiger partial charge in [0, 0.05) is 62.9 Å². The molecule has 0 N–H and O–H groups in total. The Morgan fingerprint density at radius 1 is 1.00 bits per heavy atom. The molecule has 3 aliphatic rings. The quantitative estimate of drug-likeness (QED) is 0.153. The number of likely N-dealkylation sites (tertiary alicyclic amines) is 1. The fraction of sp³-hybridized carbons (Fsp3) is 0.400. The lowest BCUT2D eigenvalue weighted by Crippen LogP contribution is -2.49. The third-order valence-electron chi connectivity index (χ3n) is 9.41. The van der Waals surface area contributed by atoms with E-state index in [0.29, 0.717) is 30.0 Å². The zero-order chi connectivity index (χ0) is 30.5. The van der Waals surface area contributed by atoms with E-state index in [4.69, 9.17) is 9.57 Å². The fourth-order valence-electron chi connectivity index (χ4n) is 7.12. The van der Waals surface area contributed by atoms with E-state index in [1.54, 1.807) is 23.1 Å². The van der Waals surface area contributed by atoms with Crippen LogP contribution in [0.5, 0.6) is 0 Å². The molecule has 0 aromatic heterocycles. The van der Waals surface area contributed by atoms with Crippen LogP contribution in [0.1, 0.15) is 48.0 Å². The number of nitro benzene ring substituents is 1. The first kappa shape index (κ1) is 30.0. The van der Waals surface area contributed by atoms with Crippen LogP contribution >= 0.6 is 0 Å². The Bertz CT molecular complexity index is 1410. The molecule has 44 heavy (non-hydrogen) atoms. The molecule has 4 atom stereocenters. The van der Waals surface area contributed by atoms with Crippen LogP contribution in [0.3, 0.4) is 0 Å². The van der Waals surface area contributed by atoms with Crippen LogP contribution in [0.2, 0.25) is 0 Å². The summed E-state index contributed by atoms with van der Waals surface area (Å²) in [4.78, 5) is 34.5. The van der Waals surface area contributed by atoms with Crippen molar-refractivity contribution in [2.75, 3.05) is 32.7 Å². The van der Waals surface area contributed by atoms with Gasteiger partial charge in [-0.25, -0.2) is 4.79 Å². The molecule has 6 rings (SSSR count). The third kappa shape index (κ3) is 6.70. The molecule has 230 valence electrons. The van der Waals surface area contributed by atoms with E-state index in [1.165, 1.54) is 23.3 Å². The molecule has 0 spiro atoms. The van der Waals surface area contributed by atoms with E-state index >= 15 is 0 Å². The van der Waals surface area contributed by atoms with Gasteiger partial charge in [0.05, 0.1) is 4.92 Å². The molecule has 3 saturated heterocycles. The zero-order valence-corrected chi connectivity index (χ0v) is 24.9. The van der Waals surface area contributed by atoms with Crippen molar-refractivity contribution in [3.05, 3.63) is 124 Å². The van der Waals surface area contributed by atoms with Crippen LogP contribution in [-0.4, -0.2) is 70.7 Å². The van der Waals surface area contributed by atoms with Crippen molar-refractivity contribution >= 4 is 11.8 Å². The standard InChI is InChI=1S/C35H40N4O5/c1-2-19-37(35(40)43-25-26-13-15-30(16-14-26)39(41)42)29-17-20-36(21-18-29)23-32-31(27-9-5-3-6-10-27)24-38-33(32)22-34(44-38)28-11-7-4-8-12-28/h2-16,29,31-34H,1,17-25H2/t31-,32?,33+,34+/m1/s1. The fourth-order valence-corrected chi connectivity index (χ4v) is 7.12. The Kier molecular flexibility index (Phi) is 9.35. The highest BCUT2D eigenvalue weighted by Gasteiger charge is 2.49. The van der Waals surface area contributed by atoms with E-state index in [-0.39, 0.29) is 30.5 Å². The number of piperidine rings is 1. The van der Waals surface area contributed by atoms with Gasteiger partial charge in [-0.1, -0.05) is 66.7 Å². The minimum Gasteiger partial charge on any atom is -0.445 e. The first-order chi connectivity index (χ1) is 21.5. The number of carbonyl (C=O) groups is 1. The summed E-state index contributed by atoms with van der Waals surface area (Å²) >= 11 is 0. The number of hydrogen-bond donors (Lipinski definition) is 0. The van der Waals surface area contributed by atoms with Gasteiger partial charge >= 0.3 is 6.09 Å². The zero-order valence-electron chi connectivity index (χ0n) is 24.9. The van der Waals surface area contributed by atoms with Crippen molar-refractivity contribution in [2.24, 2.45) is 5.92 Å². The van der Waals surface area contributed by atoms with Crippen LogP contribution in [0, 0.1) is 16.0 Å². The van der Waals surface area contributed by atoms with E-state index in [9.17, 15) is 14.9 Å². The number of ether oxygens (including phenoxy) is 1. The number of non-ortho nitro benzene ring substituents is 1. The summed E-state index contributed by atoms with van der Waals surface area (Å²) in [6.07, 6.45) is 4.16. The smallest absolute Gasteiger partial charge is 0.410 e. The summed E-state index contributed by atoms with van der Waals surface area (Å²) in [7, 11) is 0. The summed E-state index contributed by atoms with van der Waals surface area (Å²) in [6, 6.07) is 27.9. The van der Waals surface area contributed by atoms with Gasteiger partial charge in [-0.2, -0.15) is 5.06 Å². The van der Waals surface area contributed by atoms with Crippen molar-refractivity contribution in [1.82, 2.24) is 14.9 Å². The molecule has 9 nitrogen and oxygen atoms in total. The Morgan fingerprint density at radius 2 is 1.66 bits per heavy atom. The van der Waals surface area contributed by atoms with Gasteiger partial charge in [-0.05, 0) is 54.0 Å². The molecule has 0 radical (unpaired) electrons. The number of fused-ring (bicyclic) bond motifs is 1. The van der Waals surface area contributed by atoms with Crippen molar-refractivity contribution < 1.29 is 19.3 Å². The van der Waals surface area contributed by atoms with E-state index in [2.05, 4.69) is 71.1 Å². The number of hydroxylamine groups is 2. The number of amides is 1. The summed E-state index contributed by atoms with van der Waals surface area (Å²) in [5, 5.41) is 13.2. The maximum Gasteiger partial charge on any atom is 0.410 e. The molecule has 0 saturated carbocycles. The van der Waals surface area contributed by atoms with E-state index in [0.717, 1.165) is 45.4 Å². The summed E-state index contributed by atoms with van der Waals surface area (Å²) in [5.41, 5.74) is 3.33. The van der Waals surface area contributed by atoms with Gasteiger partial charge < -0.3 is 14.5 Å². The average Bonchev–Trinajstić information content (AvgIpc) is 3.63. The third-order valence-corrected chi connectivity index (χ3v) is 9.41. The first-order valence-electron chi connectivity index (χ1n) is 15.5. The highest BCUT2D eigenvalue weighted by atomic mass is 16.7. The monoisotopic (exact) mass is 596 g/mol. The van der Waals surface area contributed by atoms with Gasteiger partial charge in [0.1, 0.15) is 12.7 Å². The second-order valence-electron chi connectivity index (χ2n) is 12.0.